The van der Waals surface area contributed by atoms with Crippen LogP contribution in [-0.2, 0) is 27.2 Å². The standard InChI is InChI=1S/C28H35ClF2N4O3S.C4F6O2/c29-21-3-1-2-19(18-21)8-13-32-15-10-24(37)35(22-6-11-28(30,31)12-7-22)17-16-33-14-9-20-4-5-23(36)25-26(20)39-27(38)34-25;5-3(6,7)1(11)2(12)4(8,9)10/h1-5,18,22,32-33,36H,6-17H2,(H,34,38);. The fourth-order valence-corrected chi connectivity index (χ4v) is 6.42. The fourth-order valence-electron chi connectivity index (χ4n) is 5.31. The number of aromatic nitrogens is 1. The predicted octanol–water partition coefficient (Wildman–Crippen LogP) is 5.96. The Morgan fingerprint density at radius 1 is 0.922 bits per heavy atom. The monoisotopic (exact) mass is 774 g/mol. The first-order valence-corrected chi connectivity index (χ1v) is 16.9. The van der Waals surface area contributed by atoms with E-state index in [1.54, 1.807) is 17.0 Å². The van der Waals surface area contributed by atoms with E-state index in [9.17, 15) is 59.4 Å². The SMILES string of the molecule is O=C(C(=O)C(F)(F)F)C(F)(F)F.O=C(CCNCCc1cccc(Cl)c1)N(CCNCCc1ccc(O)c2[nH]c(=O)sc12)C1CCC(F)(F)CC1. The minimum atomic E-state index is -5.77. The Kier molecular flexibility index (Phi) is 15.0. The van der Waals surface area contributed by atoms with Gasteiger partial charge in [-0.05, 0) is 68.1 Å². The molecule has 1 amide bonds. The van der Waals surface area contributed by atoms with Crippen molar-refractivity contribution in [1.82, 2.24) is 20.5 Å². The van der Waals surface area contributed by atoms with Gasteiger partial charge in [0.25, 0.3) is 0 Å². The van der Waals surface area contributed by atoms with Crippen LogP contribution in [0.4, 0.5) is 35.1 Å². The summed E-state index contributed by atoms with van der Waals surface area (Å²) in [6.07, 6.45) is -9.57. The Morgan fingerprint density at radius 2 is 1.53 bits per heavy atom. The van der Waals surface area contributed by atoms with E-state index in [1.165, 1.54) is 0 Å². The Hall–Kier alpha value is -3.61. The maximum Gasteiger partial charge on any atom is 0.458 e. The van der Waals surface area contributed by atoms with E-state index in [0.717, 1.165) is 33.6 Å². The zero-order chi connectivity index (χ0) is 38.0. The molecule has 9 nitrogen and oxygen atoms in total. The summed E-state index contributed by atoms with van der Waals surface area (Å²) in [5, 5.41) is 17.3. The number of aromatic amines is 1. The van der Waals surface area contributed by atoms with Gasteiger partial charge < -0.3 is 25.6 Å². The Balaban J connectivity index is 0.000000501. The minimum Gasteiger partial charge on any atom is -0.506 e. The number of halogens is 9. The number of phenols is 1. The third kappa shape index (κ3) is 13.1. The molecule has 1 heterocycles. The normalized spacial score (nSPS) is 14.9. The number of fused-ring (bicyclic) bond motifs is 1. The zero-order valence-electron chi connectivity index (χ0n) is 26.9. The van der Waals surface area contributed by atoms with Crippen LogP contribution in [0.3, 0.4) is 0 Å². The van der Waals surface area contributed by atoms with Crippen LogP contribution in [0.1, 0.15) is 43.2 Å². The van der Waals surface area contributed by atoms with Crippen molar-refractivity contribution in [1.29, 1.82) is 0 Å². The van der Waals surface area contributed by atoms with Gasteiger partial charge in [0.15, 0.2) is 0 Å². The van der Waals surface area contributed by atoms with Gasteiger partial charge in [0.1, 0.15) is 11.3 Å². The summed E-state index contributed by atoms with van der Waals surface area (Å²) in [7, 11) is 0. The number of hydrogen-bond acceptors (Lipinski definition) is 8. The van der Waals surface area contributed by atoms with Gasteiger partial charge in [-0.1, -0.05) is 41.1 Å². The quantitative estimate of drug-likeness (QED) is 0.0904. The lowest BCUT2D eigenvalue weighted by Crippen LogP contribution is -2.47. The number of nitrogens with zero attached hydrogens (tertiary/aromatic N) is 1. The van der Waals surface area contributed by atoms with Gasteiger partial charge in [0, 0.05) is 50.0 Å². The molecule has 3 aromatic rings. The van der Waals surface area contributed by atoms with E-state index in [4.69, 9.17) is 11.6 Å². The van der Waals surface area contributed by atoms with Crippen LogP contribution in [-0.4, -0.2) is 89.5 Å². The molecule has 0 spiro atoms. The number of alkyl halides is 8. The van der Waals surface area contributed by atoms with Gasteiger partial charge >= 0.3 is 28.8 Å². The van der Waals surface area contributed by atoms with Crippen molar-refractivity contribution in [2.24, 2.45) is 0 Å². The second-order valence-electron chi connectivity index (χ2n) is 11.7. The highest BCUT2D eigenvalue weighted by Gasteiger charge is 2.54. The van der Waals surface area contributed by atoms with E-state index in [-0.39, 0.29) is 35.4 Å². The van der Waals surface area contributed by atoms with Crippen molar-refractivity contribution in [3.05, 3.63) is 62.2 Å². The van der Waals surface area contributed by atoms with E-state index in [0.29, 0.717) is 68.9 Å². The van der Waals surface area contributed by atoms with Gasteiger partial charge in [-0.15, -0.1) is 0 Å². The highest BCUT2D eigenvalue weighted by atomic mass is 35.5. The second kappa shape index (κ2) is 18.2. The number of benzene rings is 2. The Bertz CT molecular complexity index is 1680. The third-order valence-corrected chi connectivity index (χ3v) is 9.10. The number of amides is 1. The molecule has 4 N–H and O–H groups in total. The molecule has 19 heteroatoms. The number of carbonyl (C=O) groups excluding carboxylic acids is 3. The smallest absolute Gasteiger partial charge is 0.458 e. The van der Waals surface area contributed by atoms with Crippen LogP contribution in [0.15, 0.2) is 41.2 Å². The third-order valence-electron chi connectivity index (χ3n) is 7.90. The van der Waals surface area contributed by atoms with E-state index in [2.05, 4.69) is 15.6 Å². The number of phenolic OH excluding ortho intramolecular Hbond substituents is 1. The lowest BCUT2D eigenvalue weighted by molar-refractivity contribution is -0.193. The molecule has 51 heavy (non-hydrogen) atoms. The molecule has 0 bridgehead atoms. The first-order chi connectivity index (χ1) is 23.8. The second-order valence-corrected chi connectivity index (χ2v) is 13.1. The molecule has 1 aliphatic carbocycles. The molecule has 0 atom stereocenters. The van der Waals surface area contributed by atoms with Gasteiger partial charge in [0.2, 0.25) is 11.8 Å². The van der Waals surface area contributed by atoms with Gasteiger partial charge in [-0.3, -0.25) is 19.2 Å². The largest absolute Gasteiger partial charge is 0.506 e. The molecular formula is C32H35ClF8N4O5S. The van der Waals surface area contributed by atoms with Crippen LogP contribution in [0, 0.1) is 0 Å². The topological polar surface area (TPSA) is 132 Å². The van der Waals surface area contributed by atoms with E-state index >= 15 is 0 Å². The average molecular weight is 775 g/mol. The van der Waals surface area contributed by atoms with Crippen molar-refractivity contribution in [2.45, 2.75) is 69.3 Å². The number of carbonyl (C=O) groups is 3. The van der Waals surface area contributed by atoms with E-state index < -0.39 is 29.8 Å². The van der Waals surface area contributed by atoms with Crippen LogP contribution in [0.2, 0.25) is 5.02 Å². The summed E-state index contributed by atoms with van der Waals surface area (Å²) in [5.41, 5.74) is 2.52. The summed E-state index contributed by atoms with van der Waals surface area (Å²) in [5.74, 6) is -9.44. The molecule has 0 saturated heterocycles. The molecule has 1 aliphatic rings. The van der Waals surface area contributed by atoms with Gasteiger partial charge in [0.05, 0.1) is 4.70 Å². The molecule has 4 rings (SSSR count). The molecule has 0 radical (unpaired) electrons. The number of ketones is 2. The van der Waals surface area contributed by atoms with Gasteiger partial charge in [-0.25, -0.2) is 8.78 Å². The summed E-state index contributed by atoms with van der Waals surface area (Å²) in [4.78, 5) is 48.3. The van der Waals surface area contributed by atoms with Crippen molar-refractivity contribution >= 4 is 50.6 Å². The average Bonchev–Trinajstić information content (AvgIpc) is 3.45. The van der Waals surface area contributed by atoms with Crippen LogP contribution in [0.5, 0.6) is 5.75 Å². The minimum absolute atomic E-state index is 0.0281. The Labute approximate surface area is 295 Å². The first kappa shape index (κ1) is 41.8. The number of aromatic hydroxyl groups is 1. The molecule has 1 saturated carbocycles. The van der Waals surface area contributed by atoms with Crippen molar-refractivity contribution < 1.29 is 54.6 Å². The summed E-state index contributed by atoms with van der Waals surface area (Å²) >= 11 is 7.10. The highest BCUT2D eigenvalue weighted by molar-refractivity contribution is 7.16. The van der Waals surface area contributed by atoms with Gasteiger partial charge in [-0.2, -0.15) is 26.3 Å². The summed E-state index contributed by atoms with van der Waals surface area (Å²) in [6, 6.07) is 10.9. The molecule has 1 aromatic heterocycles. The number of Topliss-reactive ketones (excluding diaryl/α,β-unsaturated/α-hetero) is 2. The lowest BCUT2D eigenvalue weighted by Gasteiger charge is -2.37. The van der Waals surface area contributed by atoms with Crippen LogP contribution >= 0.6 is 22.9 Å². The maximum atomic E-state index is 13.8. The van der Waals surface area contributed by atoms with Crippen LogP contribution in [0.25, 0.3) is 10.2 Å². The number of hydrogen-bond donors (Lipinski definition) is 4. The summed E-state index contributed by atoms with van der Waals surface area (Å²) in [6.45, 7) is 2.82. The van der Waals surface area contributed by atoms with E-state index in [1.807, 2.05) is 24.3 Å². The number of H-pyrrole nitrogens is 1. The predicted molar refractivity (Wildman–Crippen MR) is 174 cm³/mol. The van der Waals surface area contributed by atoms with Crippen molar-refractivity contribution in [3.63, 3.8) is 0 Å². The lowest BCUT2D eigenvalue weighted by atomic mass is 9.91. The Morgan fingerprint density at radius 3 is 2.14 bits per heavy atom. The summed E-state index contributed by atoms with van der Waals surface area (Å²) < 4.78 is 95.2. The van der Waals surface area contributed by atoms with Crippen molar-refractivity contribution in [3.8, 4) is 5.75 Å². The molecule has 282 valence electrons. The first-order valence-electron chi connectivity index (χ1n) is 15.7. The number of nitrogens with one attached hydrogen (secondary N) is 3. The maximum absolute atomic E-state index is 13.8. The molecule has 2 aromatic carbocycles. The van der Waals surface area contributed by atoms with Crippen molar-refractivity contribution in [2.75, 3.05) is 32.7 Å². The number of thiazole rings is 1. The molecule has 0 aliphatic heterocycles. The molecule has 1 fully saturated rings. The molecular weight excluding hydrogens is 740 g/mol. The highest BCUT2D eigenvalue weighted by Crippen LogP contribution is 2.35. The fraction of sp³-hybridized carbons (Fsp3) is 0.500. The zero-order valence-corrected chi connectivity index (χ0v) is 28.4. The number of rotatable bonds is 14. The molecule has 0 unspecified atom stereocenters. The van der Waals surface area contributed by atoms with Crippen LogP contribution < -0.4 is 15.5 Å².